The molecule has 156 valence electrons. The van der Waals surface area contributed by atoms with E-state index in [1.54, 1.807) is 0 Å². The standard InChI is InChI=1S/C25H22ClN3O2/c1-24(14-16-6-3-2-4-7-16)15-25(22(30)28-23(27)29-25)20-13-18(10-11-21(20)31-24)17-8-5-9-19(26)12-17/h2-13H,14-15H2,1H3,(H3,27,28,29,30)/t24-,25+/m0/s1. The van der Waals surface area contributed by atoms with Crippen LogP contribution in [0.2, 0.25) is 5.02 Å². The van der Waals surface area contributed by atoms with Gasteiger partial charge in [-0.05, 0) is 47.9 Å². The summed E-state index contributed by atoms with van der Waals surface area (Å²) in [5, 5.41) is 3.35. The van der Waals surface area contributed by atoms with Crippen LogP contribution in [0, 0.1) is 0 Å². The maximum Gasteiger partial charge on any atom is 0.259 e. The third kappa shape index (κ3) is 3.45. The lowest BCUT2D eigenvalue weighted by Crippen LogP contribution is -2.51. The number of hydrogen-bond donors (Lipinski definition) is 2. The summed E-state index contributed by atoms with van der Waals surface area (Å²) in [7, 11) is 0. The van der Waals surface area contributed by atoms with Gasteiger partial charge in [0.25, 0.3) is 5.91 Å². The van der Waals surface area contributed by atoms with Gasteiger partial charge in [-0.3, -0.25) is 10.1 Å². The molecule has 0 bridgehead atoms. The van der Waals surface area contributed by atoms with Gasteiger partial charge in [0.15, 0.2) is 11.5 Å². The average Bonchev–Trinajstić information content (AvgIpc) is 3.01. The Labute approximate surface area is 185 Å². The van der Waals surface area contributed by atoms with Crippen LogP contribution in [0.25, 0.3) is 11.1 Å². The number of halogens is 1. The second-order valence-corrected chi connectivity index (χ2v) is 8.86. The molecular weight excluding hydrogens is 410 g/mol. The van der Waals surface area contributed by atoms with Gasteiger partial charge in [-0.1, -0.05) is 60.1 Å². The summed E-state index contributed by atoms with van der Waals surface area (Å²) in [4.78, 5) is 17.8. The molecule has 2 aliphatic rings. The zero-order valence-corrected chi connectivity index (χ0v) is 17.8. The van der Waals surface area contributed by atoms with Crippen molar-refractivity contribution in [1.82, 2.24) is 5.32 Å². The number of nitrogens with two attached hydrogens (primary N) is 1. The molecule has 2 heterocycles. The van der Waals surface area contributed by atoms with Gasteiger partial charge < -0.3 is 10.5 Å². The minimum Gasteiger partial charge on any atom is -0.487 e. The molecule has 1 amide bonds. The van der Waals surface area contributed by atoms with Crippen molar-refractivity contribution in [3.8, 4) is 16.9 Å². The molecule has 3 aromatic carbocycles. The van der Waals surface area contributed by atoms with Crippen LogP contribution in [-0.4, -0.2) is 17.5 Å². The first-order valence-electron chi connectivity index (χ1n) is 10.2. The van der Waals surface area contributed by atoms with Crippen molar-refractivity contribution in [2.75, 3.05) is 0 Å². The summed E-state index contributed by atoms with van der Waals surface area (Å²) in [5.41, 5.74) is 7.94. The summed E-state index contributed by atoms with van der Waals surface area (Å²) in [5.74, 6) is 0.550. The van der Waals surface area contributed by atoms with Crippen molar-refractivity contribution < 1.29 is 9.53 Å². The van der Waals surface area contributed by atoms with Gasteiger partial charge in [0.2, 0.25) is 0 Å². The first-order valence-corrected chi connectivity index (χ1v) is 10.5. The summed E-state index contributed by atoms with van der Waals surface area (Å²) in [6.45, 7) is 2.02. The van der Waals surface area contributed by atoms with E-state index in [0.717, 1.165) is 16.7 Å². The highest BCUT2D eigenvalue weighted by molar-refractivity contribution is 6.30. The maximum atomic E-state index is 13.2. The average molecular weight is 432 g/mol. The van der Waals surface area contributed by atoms with Crippen LogP contribution in [0.3, 0.4) is 0 Å². The monoisotopic (exact) mass is 431 g/mol. The number of guanidine groups is 1. The van der Waals surface area contributed by atoms with Gasteiger partial charge in [0.1, 0.15) is 11.4 Å². The first-order chi connectivity index (χ1) is 14.9. The van der Waals surface area contributed by atoms with Gasteiger partial charge in [0, 0.05) is 23.4 Å². The van der Waals surface area contributed by atoms with Crippen LogP contribution in [-0.2, 0) is 16.8 Å². The number of amides is 1. The fourth-order valence-electron chi connectivity index (χ4n) is 4.66. The highest BCUT2D eigenvalue weighted by atomic mass is 35.5. The Balaban J connectivity index is 1.63. The quantitative estimate of drug-likeness (QED) is 0.644. The number of carbonyl (C=O) groups is 1. The predicted molar refractivity (Wildman–Crippen MR) is 122 cm³/mol. The Morgan fingerprint density at radius 2 is 1.84 bits per heavy atom. The van der Waals surface area contributed by atoms with Gasteiger partial charge >= 0.3 is 0 Å². The van der Waals surface area contributed by atoms with Gasteiger partial charge in [-0.15, -0.1) is 0 Å². The molecule has 3 aromatic rings. The lowest BCUT2D eigenvalue weighted by Gasteiger charge is -2.43. The van der Waals surface area contributed by atoms with Crippen molar-refractivity contribution in [2.45, 2.75) is 30.9 Å². The minimum atomic E-state index is -1.13. The molecule has 0 radical (unpaired) electrons. The molecule has 0 aliphatic carbocycles. The fraction of sp³-hybridized carbons (Fsp3) is 0.200. The molecule has 2 atom stereocenters. The minimum absolute atomic E-state index is 0.132. The summed E-state index contributed by atoms with van der Waals surface area (Å²) in [6, 6.07) is 23.6. The van der Waals surface area contributed by atoms with Crippen LogP contribution < -0.4 is 15.8 Å². The smallest absolute Gasteiger partial charge is 0.259 e. The van der Waals surface area contributed by atoms with E-state index in [-0.39, 0.29) is 11.9 Å². The molecule has 0 saturated heterocycles. The van der Waals surface area contributed by atoms with E-state index in [2.05, 4.69) is 22.4 Å². The molecule has 6 heteroatoms. The lowest BCUT2D eigenvalue weighted by atomic mass is 9.74. The summed E-state index contributed by atoms with van der Waals surface area (Å²) in [6.07, 6.45) is 1.03. The molecular formula is C25H22ClN3O2. The molecule has 0 saturated carbocycles. The number of rotatable bonds is 3. The van der Waals surface area contributed by atoms with Crippen LogP contribution in [0.4, 0.5) is 0 Å². The Morgan fingerprint density at radius 3 is 2.55 bits per heavy atom. The van der Waals surface area contributed by atoms with Crippen molar-refractivity contribution in [1.29, 1.82) is 0 Å². The molecule has 3 N–H and O–H groups in total. The van der Waals surface area contributed by atoms with Gasteiger partial charge in [-0.25, -0.2) is 4.99 Å². The van der Waals surface area contributed by atoms with Crippen molar-refractivity contribution >= 4 is 23.5 Å². The number of nitrogens with one attached hydrogen (secondary N) is 1. The largest absolute Gasteiger partial charge is 0.487 e. The van der Waals surface area contributed by atoms with Crippen molar-refractivity contribution in [3.05, 3.63) is 88.9 Å². The van der Waals surface area contributed by atoms with E-state index in [9.17, 15) is 4.79 Å². The molecule has 31 heavy (non-hydrogen) atoms. The Morgan fingerprint density at radius 1 is 1.06 bits per heavy atom. The van der Waals surface area contributed by atoms with Crippen LogP contribution in [0.1, 0.15) is 24.5 Å². The number of carbonyl (C=O) groups excluding carboxylic acids is 1. The number of nitrogens with zero attached hydrogens (tertiary/aromatic N) is 1. The van der Waals surface area contributed by atoms with Crippen molar-refractivity contribution in [2.24, 2.45) is 10.7 Å². The summed E-state index contributed by atoms with van der Waals surface area (Å²) >= 11 is 6.19. The van der Waals surface area contributed by atoms with E-state index in [4.69, 9.17) is 22.1 Å². The lowest BCUT2D eigenvalue weighted by molar-refractivity contribution is -0.127. The second kappa shape index (κ2) is 7.13. The fourth-order valence-corrected chi connectivity index (χ4v) is 4.85. The van der Waals surface area contributed by atoms with Gasteiger partial charge in [0.05, 0.1) is 0 Å². The zero-order chi connectivity index (χ0) is 21.6. The number of benzene rings is 3. The Bertz CT molecular complexity index is 1210. The highest BCUT2D eigenvalue weighted by Crippen LogP contribution is 2.49. The second-order valence-electron chi connectivity index (χ2n) is 8.42. The first kappa shape index (κ1) is 19.6. The molecule has 0 aromatic heterocycles. The number of aliphatic imine (C=N–C) groups is 1. The van der Waals surface area contributed by atoms with E-state index >= 15 is 0 Å². The van der Waals surface area contributed by atoms with Crippen LogP contribution in [0.15, 0.2) is 77.8 Å². The highest BCUT2D eigenvalue weighted by Gasteiger charge is 2.55. The normalized spacial score (nSPS) is 24.3. The zero-order valence-electron chi connectivity index (χ0n) is 17.1. The SMILES string of the molecule is C[C@]1(Cc2ccccc2)C[C@@]2(N=C(N)NC2=O)c2cc(-c3cccc(Cl)c3)ccc2O1. The third-order valence-corrected chi connectivity index (χ3v) is 6.15. The molecule has 0 fully saturated rings. The predicted octanol–water partition coefficient (Wildman–Crippen LogP) is 4.43. The number of fused-ring (bicyclic) bond motifs is 2. The van der Waals surface area contributed by atoms with Crippen LogP contribution >= 0.6 is 11.6 Å². The Kier molecular flexibility index (Phi) is 4.52. The number of ether oxygens (including phenoxy) is 1. The van der Waals surface area contributed by atoms with E-state index in [0.29, 0.717) is 29.2 Å². The molecule has 2 aliphatic heterocycles. The van der Waals surface area contributed by atoms with Gasteiger partial charge in [-0.2, -0.15) is 0 Å². The van der Waals surface area contributed by atoms with E-state index < -0.39 is 11.1 Å². The van der Waals surface area contributed by atoms with E-state index in [1.807, 2.05) is 67.6 Å². The number of hydrogen-bond acceptors (Lipinski definition) is 4. The third-order valence-electron chi connectivity index (χ3n) is 5.92. The van der Waals surface area contributed by atoms with Crippen LogP contribution in [0.5, 0.6) is 5.75 Å². The van der Waals surface area contributed by atoms with Crippen molar-refractivity contribution in [3.63, 3.8) is 0 Å². The van der Waals surface area contributed by atoms with E-state index in [1.165, 1.54) is 0 Å². The molecule has 5 rings (SSSR count). The molecule has 0 unspecified atom stereocenters. The summed E-state index contributed by atoms with van der Waals surface area (Å²) < 4.78 is 6.49. The molecule has 5 nitrogen and oxygen atoms in total. The maximum absolute atomic E-state index is 13.2. The Hall–Kier alpha value is -3.31. The topological polar surface area (TPSA) is 76.7 Å². The molecule has 1 spiro atoms.